The summed E-state index contributed by atoms with van der Waals surface area (Å²) in [5.41, 5.74) is 39.8. The second kappa shape index (κ2) is 29.0. The van der Waals surface area contributed by atoms with Crippen molar-refractivity contribution in [1.82, 2.24) is 4.57 Å². The van der Waals surface area contributed by atoms with Crippen LogP contribution in [0.4, 0.5) is 39.8 Å². The summed E-state index contributed by atoms with van der Waals surface area (Å²) < 4.78 is 2.60. The van der Waals surface area contributed by atoms with Crippen LogP contribution in [-0.2, 0) is 0 Å². The lowest BCUT2D eigenvalue weighted by Gasteiger charge is -2.48. The van der Waals surface area contributed by atoms with E-state index in [0.717, 1.165) is 6.42 Å². The maximum Gasteiger partial charge on any atom is 0.252 e. The minimum Gasteiger partial charge on any atom is -0.365 e. The first-order valence-corrected chi connectivity index (χ1v) is 46.0. The van der Waals surface area contributed by atoms with Crippen LogP contribution in [0.2, 0.25) is 0 Å². The fourth-order valence-corrected chi connectivity index (χ4v) is 25.2. The molecule has 12 aromatic rings. The predicted molar refractivity (Wildman–Crippen MR) is 505 cm³/mol. The molecule has 11 aromatic carbocycles. The zero-order valence-electron chi connectivity index (χ0n) is 70.6. The largest absolute Gasteiger partial charge is 0.365 e. The number of hydrogen-bond donors (Lipinski definition) is 0. The number of hydrogen-bond acceptors (Lipinski definition) is 3. The number of benzene rings is 11. The number of fused-ring (bicyclic) bond motifs is 10. The highest BCUT2D eigenvalue weighted by Crippen LogP contribution is 2.61. The van der Waals surface area contributed by atoms with Gasteiger partial charge in [-0.25, -0.2) is 0 Å². The lowest BCUT2D eigenvalue weighted by atomic mass is 9.33. The molecule has 0 N–H and O–H groups in total. The van der Waals surface area contributed by atoms with Gasteiger partial charge in [0.15, 0.2) is 0 Å². The number of aromatic nitrogens is 1. The smallest absolute Gasteiger partial charge is 0.252 e. The van der Waals surface area contributed by atoms with Crippen LogP contribution in [0.5, 0.6) is 0 Å². The van der Waals surface area contributed by atoms with Gasteiger partial charge in [0, 0.05) is 91.1 Å². The van der Waals surface area contributed by atoms with Crippen molar-refractivity contribution >= 4 is 90.3 Å². The van der Waals surface area contributed by atoms with E-state index < -0.39 is 0 Å². The van der Waals surface area contributed by atoms with Gasteiger partial charge in [0.25, 0.3) is 6.71 Å². The minimum absolute atomic E-state index is 0.0354. The van der Waals surface area contributed by atoms with Crippen LogP contribution < -0.4 is 31.1 Å². The molecule has 1 saturated heterocycles. The lowest BCUT2D eigenvalue weighted by molar-refractivity contribution is 0.231. The van der Waals surface area contributed by atoms with Gasteiger partial charge in [0.05, 0.1) is 22.4 Å². The standard InChI is InChI=1S/C114H111BN4/c1-113(2,3)84-59-79-53-54-80-60-85(114(4,5)6)68-97-92(66-83(61-84)108(79)109(80)97)78-55-58-104-99(67-78)115-98-57-56-86(116-100-49-29-25-45-88(100)89-46-26-30-50-101(89)116)69-105(98)119(112-95(76-41-21-11-22-42-76)64-82(73-35-15-8-16-36-73)65-96(112)77-43-23-12-24-44-77)107-71-87(117-102-51-31-27-47-90(102)91-48-28-32-52-103(91)117)70-106(110(107)115)118(104)111-93(74-37-17-9-18-38-74)62-81(72-33-13-7-14-34-72)63-94(111)75-39-19-10-20-40-75/h9-12,17-26,29-30,37-46,49-50,53-58,60-73,79,90-91,102-103,108-109H,7-8,13-16,27-28,31-36,47-48,51-52,59H2,1-6H3. The van der Waals surface area contributed by atoms with E-state index in [-0.39, 0.29) is 23.5 Å². The van der Waals surface area contributed by atoms with Crippen molar-refractivity contribution in [1.29, 1.82) is 0 Å². The summed E-state index contributed by atoms with van der Waals surface area (Å²) in [6.45, 7) is 14.4. The zero-order valence-corrected chi connectivity index (χ0v) is 70.6. The first kappa shape index (κ1) is 73.3. The quantitative estimate of drug-likeness (QED) is 0.120. The Hall–Kier alpha value is -10.9. The van der Waals surface area contributed by atoms with E-state index in [9.17, 15) is 0 Å². The molecule has 4 saturated carbocycles. The highest BCUT2D eigenvalue weighted by atomic mass is 15.3. The van der Waals surface area contributed by atoms with Crippen molar-refractivity contribution in [2.45, 2.75) is 187 Å². The summed E-state index contributed by atoms with van der Waals surface area (Å²) in [6.07, 6.45) is 39.7. The third-order valence-electron chi connectivity index (χ3n) is 30.8. The molecule has 3 aliphatic heterocycles. The summed E-state index contributed by atoms with van der Waals surface area (Å²) in [4.78, 5) is 8.96. The Kier molecular flexibility index (Phi) is 17.8. The van der Waals surface area contributed by atoms with Gasteiger partial charge in [-0.3, -0.25) is 0 Å². The van der Waals surface area contributed by atoms with Crippen LogP contribution in [0.1, 0.15) is 192 Å². The average Bonchev–Trinajstić information content (AvgIpc) is 1.09. The molecule has 1 aromatic heterocycles. The molecule has 7 atom stereocenters. The number of para-hydroxylation sites is 2. The second-order valence-corrected chi connectivity index (χ2v) is 39.5. The first-order valence-electron chi connectivity index (χ1n) is 46.0. The van der Waals surface area contributed by atoms with Crippen LogP contribution in [0.15, 0.2) is 307 Å². The van der Waals surface area contributed by atoms with Crippen molar-refractivity contribution in [3.8, 4) is 50.2 Å². The molecule has 0 bridgehead atoms. The van der Waals surface area contributed by atoms with E-state index in [4.69, 9.17) is 0 Å². The monoisotopic (exact) mass is 1550 g/mol. The highest BCUT2D eigenvalue weighted by molar-refractivity contribution is 7.00. The van der Waals surface area contributed by atoms with Crippen molar-refractivity contribution < 1.29 is 0 Å². The fourth-order valence-electron chi connectivity index (χ4n) is 25.2. The molecule has 5 heteroatoms. The van der Waals surface area contributed by atoms with Crippen molar-refractivity contribution in [3.05, 3.63) is 324 Å². The Morgan fingerprint density at radius 1 is 0.370 bits per heavy atom. The van der Waals surface area contributed by atoms with Crippen LogP contribution in [0.3, 0.4) is 0 Å². The van der Waals surface area contributed by atoms with Gasteiger partial charge in [-0.2, -0.15) is 0 Å². The van der Waals surface area contributed by atoms with Crippen LogP contribution in [-0.4, -0.2) is 23.4 Å². The van der Waals surface area contributed by atoms with Gasteiger partial charge >= 0.3 is 0 Å². The minimum atomic E-state index is -0.216. The molecule has 119 heavy (non-hydrogen) atoms. The number of rotatable bonds is 11. The molecule has 11 aliphatic rings. The third kappa shape index (κ3) is 12.2. The summed E-state index contributed by atoms with van der Waals surface area (Å²) in [7, 11) is 0. The molecule has 0 spiro atoms. The van der Waals surface area contributed by atoms with Crippen molar-refractivity contribution in [2.75, 3.05) is 14.7 Å². The Balaban J connectivity index is 0.893. The van der Waals surface area contributed by atoms with Gasteiger partial charge in [-0.05, 0) is 248 Å². The maximum absolute atomic E-state index is 3.13. The van der Waals surface area contributed by atoms with E-state index in [1.807, 2.05) is 0 Å². The predicted octanol–water partition coefficient (Wildman–Crippen LogP) is 29.0. The van der Waals surface area contributed by atoms with Crippen molar-refractivity contribution in [3.63, 3.8) is 0 Å². The maximum atomic E-state index is 3.13. The third-order valence-corrected chi connectivity index (χ3v) is 30.8. The van der Waals surface area contributed by atoms with Crippen LogP contribution >= 0.6 is 0 Å². The van der Waals surface area contributed by atoms with Gasteiger partial charge in [-0.1, -0.05) is 324 Å². The molecule has 8 aliphatic carbocycles. The molecular formula is C114H111BN4. The van der Waals surface area contributed by atoms with Crippen LogP contribution in [0, 0.1) is 40.4 Å². The summed E-state index contributed by atoms with van der Waals surface area (Å²) >= 11 is 0. The van der Waals surface area contributed by atoms with Gasteiger partial charge in [0.1, 0.15) is 0 Å². The number of allylic oxidation sites excluding steroid dienone is 12. The Bertz CT molecular complexity index is 6060. The van der Waals surface area contributed by atoms with E-state index in [1.54, 1.807) is 5.57 Å². The van der Waals surface area contributed by atoms with E-state index in [1.165, 1.54) is 288 Å². The average molecular weight is 1550 g/mol. The topological polar surface area (TPSA) is 14.7 Å². The lowest BCUT2D eigenvalue weighted by Crippen LogP contribution is -2.61. The Morgan fingerprint density at radius 2 is 0.849 bits per heavy atom. The van der Waals surface area contributed by atoms with Crippen molar-refractivity contribution in [2.24, 2.45) is 40.4 Å². The number of nitrogens with zero attached hydrogens (tertiary/aromatic N) is 4. The molecule has 23 rings (SSSR count). The summed E-state index contributed by atoms with van der Waals surface area (Å²) in [5, 5.41) is 2.54. The molecule has 5 fully saturated rings. The molecule has 0 radical (unpaired) electrons. The van der Waals surface area contributed by atoms with E-state index >= 15 is 0 Å². The van der Waals surface area contributed by atoms with E-state index in [0.29, 0.717) is 47.6 Å². The summed E-state index contributed by atoms with van der Waals surface area (Å²) in [6, 6.07) is 98.3. The SMILES string of the molecule is CC(C)(C)C1=CC2=C(c3ccc4c(c3)B3c5ccc(-n6c7ccccc7c7ccccc76)cc5N(c5c(-c6ccccc6)cc(C6CCCCC6)cc5-c5ccccc5)c5cc(N6C7CCCCC7C7CCCCC76)cc(c53)N4c3c(-c4ccccc4)cc(C4CCCCC4)cc3-c3ccccc3)C=C3C=C(C(C)(C)C)CC4C=CC(=C1)C2C34. The van der Waals surface area contributed by atoms with Crippen LogP contribution in [0.25, 0.3) is 77.6 Å². The normalized spacial score (nSPS) is 22.7. The molecule has 590 valence electrons. The van der Waals surface area contributed by atoms with Gasteiger partial charge in [-0.15, -0.1) is 0 Å². The molecular weight excluding hydrogens is 1440 g/mol. The second-order valence-electron chi connectivity index (χ2n) is 39.5. The molecule has 4 heterocycles. The van der Waals surface area contributed by atoms with Gasteiger partial charge in [0.2, 0.25) is 0 Å². The molecule has 4 nitrogen and oxygen atoms in total. The Morgan fingerprint density at radius 3 is 1.36 bits per heavy atom. The number of anilines is 7. The fraction of sp³-hybridized carbons (Fsp3) is 0.316. The summed E-state index contributed by atoms with van der Waals surface area (Å²) in [5.74, 6) is 3.31. The van der Waals surface area contributed by atoms with Gasteiger partial charge < -0.3 is 19.3 Å². The van der Waals surface area contributed by atoms with E-state index in [2.05, 4.69) is 340 Å². The first-order chi connectivity index (χ1) is 58.3. The molecule has 0 amide bonds. The highest BCUT2D eigenvalue weighted by Gasteiger charge is 2.53. The zero-order chi connectivity index (χ0) is 79.5. The Labute approximate surface area is 706 Å². The molecule has 7 unspecified atom stereocenters.